The molecule has 0 radical (unpaired) electrons. The first-order valence-corrected chi connectivity index (χ1v) is 16.9. The molecule has 0 aliphatic carbocycles. The molecule has 3 fully saturated rings. The molecular weight excluding hydrogens is 753 g/mol. The highest BCUT2D eigenvalue weighted by atomic mass is 19.1. The highest BCUT2D eigenvalue weighted by Crippen LogP contribution is 2.35. The van der Waals surface area contributed by atoms with Crippen LogP contribution in [0.1, 0.15) is 37.9 Å². The minimum Gasteiger partial charge on any atom is -0.394 e. The molecule has 0 amide bonds. The van der Waals surface area contributed by atoms with Crippen LogP contribution in [-0.4, -0.2) is 131 Å². The number of alkyl halides is 3. The van der Waals surface area contributed by atoms with Gasteiger partial charge in [0.05, 0.1) is 63.4 Å². The number of halogens is 3. The number of imidazole rings is 3. The molecule has 0 aromatic carbocycles. The Kier molecular flexibility index (Phi) is 11.3. The maximum Gasteiger partial charge on any atom is 0.278 e. The number of aliphatic hydroxyl groups excluding tert-OH is 3. The summed E-state index contributed by atoms with van der Waals surface area (Å²) in [4.78, 5) is 48.1. The van der Waals surface area contributed by atoms with Gasteiger partial charge >= 0.3 is 0 Å². The number of aliphatic hydroxyl groups is 3. The van der Waals surface area contributed by atoms with E-state index in [9.17, 15) is 18.0 Å². The van der Waals surface area contributed by atoms with Gasteiger partial charge in [0.15, 0.2) is 52.8 Å². The van der Waals surface area contributed by atoms with Gasteiger partial charge in [0.25, 0.3) is 5.56 Å². The van der Waals surface area contributed by atoms with E-state index in [4.69, 9.17) is 40.8 Å². The fraction of sp³-hybridized carbons (Fsp3) is 0.500. The standard InChI is InChI=1S/C10H10FN7O2.C10H12FN5O2.C10H11FN4O3/c11-6-1-5(2-19)20-10(6)18-4-15-7-8(16-17-12)13-3-14-9(7)18;11-6-1-5(2-17)18-10(6)16-4-15-7-8(12)13-3-14-9(7)16;11-6-1-5(2-16)18-10(6)15-4-14-7-8(15)12-3-13-9(7)17/h3-6,10,19H,1-2H2;3-6,10,17H,1-2H2,(H2,12,13,14);3-6,10,16H,1-2H2,(H,12,13,17). The van der Waals surface area contributed by atoms with Crippen molar-refractivity contribution >= 4 is 45.1 Å². The van der Waals surface area contributed by atoms with Gasteiger partial charge in [0.2, 0.25) is 0 Å². The Morgan fingerprint density at radius 1 is 0.714 bits per heavy atom. The van der Waals surface area contributed by atoms with E-state index in [2.05, 4.69) is 54.9 Å². The molecule has 9 heterocycles. The van der Waals surface area contributed by atoms with E-state index in [1.807, 2.05) is 0 Å². The second-order valence-corrected chi connectivity index (χ2v) is 12.6. The van der Waals surface area contributed by atoms with Crippen LogP contribution in [0.2, 0.25) is 0 Å². The van der Waals surface area contributed by atoms with Crippen molar-refractivity contribution in [3.8, 4) is 0 Å². The third kappa shape index (κ3) is 7.40. The first-order chi connectivity index (χ1) is 27.1. The number of rotatable bonds is 7. The summed E-state index contributed by atoms with van der Waals surface area (Å²) in [5, 5.41) is 30.4. The van der Waals surface area contributed by atoms with Crippen molar-refractivity contribution < 1.29 is 42.7 Å². The molecule has 0 bridgehead atoms. The van der Waals surface area contributed by atoms with Crippen molar-refractivity contribution in [2.45, 2.75) is 74.8 Å². The first-order valence-electron chi connectivity index (χ1n) is 16.9. The van der Waals surface area contributed by atoms with Gasteiger partial charge in [-0.3, -0.25) is 18.5 Å². The van der Waals surface area contributed by atoms with Crippen molar-refractivity contribution in [2.24, 2.45) is 5.11 Å². The van der Waals surface area contributed by atoms with Crippen LogP contribution in [0.3, 0.4) is 0 Å². The molecule has 9 unspecified atom stereocenters. The van der Waals surface area contributed by atoms with Gasteiger partial charge < -0.3 is 40.2 Å². The molecule has 23 nitrogen and oxygen atoms in total. The Balaban J connectivity index is 0.000000129. The van der Waals surface area contributed by atoms with Gasteiger partial charge in [-0.05, 0) is 10.6 Å². The van der Waals surface area contributed by atoms with Gasteiger partial charge in [-0.1, -0.05) is 0 Å². The van der Waals surface area contributed by atoms with E-state index >= 15 is 0 Å². The minimum absolute atomic E-state index is 0.0726. The fourth-order valence-electron chi connectivity index (χ4n) is 6.44. The summed E-state index contributed by atoms with van der Waals surface area (Å²) in [6.07, 6.45) is 0.223. The molecule has 56 heavy (non-hydrogen) atoms. The quantitative estimate of drug-likeness (QED) is 0.0861. The Labute approximate surface area is 310 Å². The van der Waals surface area contributed by atoms with Crippen molar-refractivity contribution in [1.29, 1.82) is 0 Å². The molecule has 3 saturated heterocycles. The molecule has 9 rings (SSSR count). The fourth-order valence-corrected chi connectivity index (χ4v) is 6.44. The van der Waals surface area contributed by atoms with Crippen LogP contribution in [-0.2, 0) is 14.2 Å². The lowest BCUT2D eigenvalue weighted by molar-refractivity contribution is -0.0351. The van der Waals surface area contributed by atoms with Crippen molar-refractivity contribution in [3.63, 3.8) is 0 Å². The molecule has 3 aliphatic rings. The molecule has 0 saturated carbocycles. The van der Waals surface area contributed by atoms with Crippen LogP contribution in [0.5, 0.6) is 0 Å². The average molecular weight is 787 g/mol. The van der Waals surface area contributed by atoms with Gasteiger partial charge in [-0.2, -0.15) is 0 Å². The molecule has 6 aromatic rings. The van der Waals surface area contributed by atoms with Gasteiger partial charge in [0.1, 0.15) is 42.2 Å². The molecule has 0 spiro atoms. The third-order valence-electron chi connectivity index (χ3n) is 9.05. The average Bonchev–Trinajstić information content (AvgIpc) is 4.06. The second kappa shape index (κ2) is 16.5. The SMILES string of the molecule is Nc1ncnc2c1ncn2C1OC(CO)CC1F.O=c1[nH]cnc2c1ncn2C1OC(CO)CC1F.[N-]=[N+]=Nc1ncnc2c1ncn2C1OC(CO)CC1F. The highest BCUT2D eigenvalue weighted by Gasteiger charge is 2.39. The van der Waals surface area contributed by atoms with Crippen LogP contribution >= 0.6 is 0 Å². The van der Waals surface area contributed by atoms with E-state index in [0.717, 1.165) is 0 Å². The van der Waals surface area contributed by atoms with E-state index in [-0.39, 0.29) is 73.0 Å². The molecular formula is C30H33F3N16O7. The van der Waals surface area contributed by atoms with Gasteiger partial charge in [-0.25, -0.2) is 53.0 Å². The number of H-pyrrole nitrogens is 1. The molecule has 26 heteroatoms. The van der Waals surface area contributed by atoms with Gasteiger partial charge in [-0.15, -0.1) is 0 Å². The van der Waals surface area contributed by atoms with Gasteiger partial charge in [0, 0.05) is 24.2 Å². The zero-order valence-corrected chi connectivity index (χ0v) is 28.8. The van der Waals surface area contributed by atoms with Crippen LogP contribution in [0, 0.1) is 0 Å². The lowest BCUT2D eigenvalue weighted by atomic mass is 10.2. The maximum absolute atomic E-state index is 14.0. The van der Waals surface area contributed by atoms with E-state index in [1.165, 1.54) is 51.7 Å². The third-order valence-corrected chi connectivity index (χ3v) is 9.05. The molecule has 6 aromatic heterocycles. The lowest BCUT2D eigenvalue weighted by Gasteiger charge is -2.15. The maximum atomic E-state index is 14.0. The Morgan fingerprint density at radius 3 is 1.64 bits per heavy atom. The lowest BCUT2D eigenvalue weighted by Crippen LogP contribution is -2.17. The van der Waals surface area contributed by atoms with Crippen molar-refractivity contribution in [3.05, 3.63) is 58.8 Å². The summed E-state index contributed by atoms with van der Waals surface area (Å²) in [6, 6.07) is 0. The highest BCUT2D eigenvalue weighted by molar-refractivity contribution is 5.81. The molecule has 9 atom stereocenters. The summed E-state index contributed by atoms with van der Waals surface area (Å²) in [7, 11) is 0. The second-order valence-electron chi connectivity index (χ2n) is 12.6. The van der Waals surface area contributed by atoms with Crippen LogP contribution < -0.4 is 11.3 Å². The summed E-state index contributed by atoms with van der Waals surface area (Å²) in [5.74, 6) is 0.314. The number of nitrogens with two attached hydrogens (primary N) is 1. The monoisotopic (exact) mass is 786 g/mol. The van der Waals surface area contributed by atoms with Crippen molar-refractivity contribution in [1.82, 2.24) is 58.6 Å². The molecule has 6 N–H and O–H groups in total. The number of nitrogen functional groups attached to an aromatic ring is 1. The van der Waals surface area contributed by atoms with Crippen LogP contribution in [0.4, 0.5) is 24.8 Å². The number of anilines is 1. The van der Waals surface area contributed by atoms with E-state index in [0.29, 0.717) is 16.8 Å². The number of aromatic nitrogens is 12. The molecule has 296 valence electrons. The van der Waals surface area contributed by atoms with Crippen LogP contribution in [0.25, 0.3) is 43.9 Å². The number of hydrogen-bond donors (Lipinski definition) is 5. The number of hydrogen-bond acceptors (Lipinski definition) is 17. The largest absolute Gasteiger partial charge is 0.394 e. The Hall–Kier alpha value is -5.89. The molecule has 3 aliphatic heterocycles. The summed E-state index contributed by atoms with van der Waals surface area (Å²) >= 11 is 0. The number of fused-ring (bicyclic) bond motifs is 3. The smallest absolute Gasteiger partial charge is 0.278 e. The van der Waals surface area contributed by atoms with Crippen LogP contribution in [0.15, 0.2) is 47.9 Å². The predicted molar refractivity (Wildman–Crippen MR) is 184 cm³/mol. The van der Waals surface area contributed by atoms with Crippen molar-refractivity contribution in [2.75, 3.05) is 25.6 Å². The number of azide groups is 1. The number of nitrogens with one attached hydrogen (secondary N) is 1. The predicted octanol–water partition coefficient (Wildman–Crippen LogP) is 1.15. The minimum atomic E-state index is -1.28. The van der Waals surface area contributed by atoms with E-state index < -0.39 is 55.5 Å². The van der Waals surface area contributed by atoms with E-state index in [1.54, 1.807) is 0 Å². The number of aromatic amines is 1. The zero-order chi connectivity index (χ0) is 39.5. The topological polar surface area (TPSA) is 314 Å². The first kappa shape index (κ1) is 38.4. The summed E-state index contributed by atoms with van der Waals surface area (Å²) in [6.45, 7) is -0.694. The number of ether oxygens (including phenoxy) is 3. The Morgan fingerprint density at radius 2 is 1.16 bits per heavy atom. The zero-order valence-electron chi connectivity index (χ0n) is 28.8. The summed E-state index contributed by atoms with van der Waals surface area (Å²) < 4.78 is 62.1. The summed E-state index contributed by atoms with van der Waals surface area (Å²) in [5.41, 5.74) is 15.6. The number of nitrogens with zero attached hydrogens (tertiary/aromatic N) is 14. The normalized spacial score (nSPS) is 27.2. The Bertz CT molecular complexity index is 2410.